The van der Waals surface area contributed by atoms with Crippen molar-refractivity contribution in [3.63, 3.8) is 0 Å². The van der Waals surface area contributed by atoms with Crippen LogP contribution in [0.15, 0.2) is 133 Å². The fourth-order valence-corrected chi connectivity index (χ4v) is 8.35. The largest absolute Gasteiger partial charge is 0.494 e. The van der Waals surface area contributed by atoms with Gasteiger partial charge in [-0.25, -0.2) is 0 Å². The molecule has 59 heavy (non-hydrogen) atoms. The van der Waals surface area contributed by atoms with E-state index in [1.807, 2.05) is 0 Å². The lowest BCUT2D eigenvalue weighted by Gasteiger charge is -2.29. The Kier molecular flexibility index (Phi) is 12.8. The molecular formula is C53H51N3O2S. The summed E-state index contributed by atoms with van der Waals surface area (Å²) in [4.78, 5) is 2.37. The zero-order valence-corrected chi connectivity index (χ0v) is 35.2. The Bertz CT molecular complexity index is 2590. The van der Waals surface area contributed by atoms with Crippen LogP contribution in [0.1, 0.15) is 81.9 Å². The Morgan fingerprint density at radius 1 is 0.525 bits per heavy atom. The third-order valence-electron chi connectivity index (χ3n) is 10.9. The summed E-state index contributed by atoms with van der Waals surface area (Å²) in [5, 5.41) is 4.39. The van der Waals surface area contributed by atoms with E-state index in [-0.39, 0.29) is 0 Å². The van der Waals surface area contributed by atoms with Crippen LogP contribution >= 0.6 is 11.7 Å². The van der Waals surface area contributed by atoms with Crippen LogP contribution in [0.4, 0.5) is 17.1 Å². The Labute approximate surface area is 353 Å². The van der Waals surface area contributed by atoms with Crippen molar-refractivity contribution in [1.29, 1.82) is 0 Å². The zero-order valence-electron chi connectivity index (χ0n) is 34.3. The molecule has 8 rings (SSSR count). The van der Waals surface area contributed by atoms with E-state index in [0.29, 0.717) is 0 Å². The van der Waals surface area contributed by atoms with Crippen LogP contribution < -0.4 is 14.4 Å². The van der Waals surface area contributed by atoms with Gasteiger partial charge in [0, 0.05) is 44.0 Å². The number of hydrogen-bond acceptors (Lipinski definition) is 6. The van der Waals surface area contributed by atoms with E-state index in [1.54, 1.807) is 0 Å². The molecule has 0 saturated heterocycles. The maximum atomic E-state index is 6.19. The molecule has 0 spiro atoms. The fourth-order valence-electron chi connectivity index (χ4n) is 7.77. The van der Waals surface area contributed by atoms with Crippen molar-refractivity contribution < 1.29 is 9.47 Å². The molecule has 0 aliphatic rings. The first-order chi connectivity index (χ1) is 29.1. The number of unbranched alkanes of at least 4 members (excludes halogenated alkanes) is 6. The SMILES string of the molecule is CCCCCCOc1ccc(N(c2ccc(OCCCCCC)cc2)c2c3ccccc3c(C#Cc3ccc(-c4ccc(C)cc4)c4nsnc34)c3ccccc23)cc1. The molecule has 0 aliphatic heterocycles. The summed E-state index contributed by atoms with van der Waals surface area (Å²) < 4.78 is 21.8. The second-order valence-electron chi connectivity index (χ2n) is 15.2. The highest BCUT2D eigenvalue weighted by Gasteiger charge is 2.21. The first-order valence-corrected chi connectivity index (χ1v) is 21.9. The highest BCUT2D eigenvalue weighted by Crippen LogP contribution is 2.46. The van der Waals surface area contributed by atoms with Crippen LogP contribution in [-0.2, 0) is 0 Å². The molecule has 0 N–H and O–H groups in total. The molecule has 5 nitrogen and oxygen atoms in total. The number of fused-ring (bicyclic) bond motifs is 3. The molecule has 0 unspecified atom stereocenters. The van der Waals surface area contributed by atoms with Crippen LogP contribution in [0.5, 0.6) is 11.5 Å². The van der Waals surface area contributed by atoms with E-state index in [1.165, 1.54) is 55.8 Å². The van der Waals surface area contributed by atoms with Crippen LogP contribution in [0, 0.1) is 18.8 Å². The van der Waals surface area contributed by atoms with Gasteiger partial charge in [-0.15, -0.1) is 0 Å². The summed E-state index contributed by atoms with van der Waals surface area (Å²) in [5.41, 5.74) is 10.2. The minimum atomic E-state index is 0.724. The lowest BCUT2D eigenvalue weighted by atomic mass is 9.93. The molecular weight excluding hydrogens is 743 g/mol. The maximum absolute atomic E-state index is 6.19. The van der Waals surface area contributed by atoms with Gasteiger partial charge < -0.3 is 14.4 Å². The fraction of sp³-hybridized carbons (Fsp3) is 0.245. The molecule has 0 aliphatic carbocycles. The van der Waals surface area contributed by atoms with Crippen molar-refractivity contribution in [3.05, 3.63) is 150 Å². The van der Waals surface area contributed by atoms with Crippen LogP contribution in [-0.4, -0.2) is 22.0 Å². The summed E-state index contributed by atoms with van der Waals surface area (Å²) in [6.45, 7) is 8.02. The summed E-state index contributed by atoms with van der Waals surface area (Å²) in [6, 6.07) is 47.1. The van der Waals surface area contributed by atoms with Gasteiger partial charge in [0.05, 0.1) is 36.2 Å². The van der Waals surface area contributed by atoms with Gasteiger partial charge >= 0.3 is 0 Å². The number of aromatic nitrogens is 2. The lowest BCUT2D eigenvalue weighted by molar-refractivity contribution is 0.305. The number of anilines is 3. The lowest BCUT2D eigenvalue weighted by Crippen LogP contribution is -2.12. The molecule has 1 aromatic heterocycles. The van der Waals surface area contributed by atoms with Crippen molar-refractivity contribution >= 4 is 61.4 Å². The Morgan fingerprint density at radius 2 is 1.05 bits per heavy atom. The monoisotopic (exact) mass is 793 g/mol. The standard InChI is InChI=1S/C53H51N3O2S/c1-4-6-8-14-36-57-43-30-26-41(27-31-43)56(42-28-32-44(33-29-42)58-37-15-9-7-5-2)53-49-18-12-10-16-46(49)48(47-17-11-13-19-50(47)53)35-25-40-24-34-45(52-51(40)54-59-55-52)39-22-20-38(3)21-23-39/h10-13,16-24,26-34H,4-9,14-15,36-37H2,1-3H3. The normalized spacial score (nSPS) is 11.2. The van der Waals surface area contributed by atoms with Crippen molar-refractivity contribution in [2.24, 2.45) is 0 Å². The molecule has 8 aromatic rings. The first-order valence-electron chi connectivity index (χ1n) is 21.2. The minimum absolute atomic E-state index is 0.724. The van der Waals surface area contributed by atoms with E-state index in [2.05, 4.69) is 171 Å². The first kappa shape index (κ1) is 39.7. The number of ether oxygens (including phenoxy) is 2. The van der Waals surface area contributed by atoms with Crippen LogP contribution in [0.25, 0.3) is 43.7 Å². The van der Waals surface area contributed by atoms with Crippen LogP contribution in [0.3, 0.4) is 0 Å². The molecule has 0 atom stereocenters. The molecule has 1 heterocycles. The molecule has 0 amide bonds. The van der Waals surface area contributed by atoms with Gasteiger partial charge in [0.15, 0.2) is 0 Å². The predicted octanol–water partition coefficient (Wildman–Crippen LogP) is 14.8. The highest BCUT2D eigenvalue weighted by molar-refractivity contribution is 7.00. The number of rotatable bonds is 16. The van der Waals surface area contributed by atoms with Crippen molar-refractivity contribution in [1.82, 2.24) is 8.75 Å². The molecule has 0 bridgehead atoms. The van der Waals surface area contributed by atoms with Crippen molar-refractivity contribution in [2.75, 3.05) is 18.1 Å². The molecule has 0 saturated carbocycles. The van der Waals surface area contributed by atoms with Crippen LogP contribution in [0.2, 0.25) is 0 Å². The van der Waals surface area contributed by atoms with Gasteiger partial charge in [-0.2, -0.15) is 8.75 Å². The van der Waals surface area contributed by atoms with Gasteiger partial charge in [0.2, 0.25) is 0 Å². The highest BCUT2D eigenvalue weighted by atomic mass is 32.1. The van der Waals surface area contributed by atoms with Gasteiger partial charge in [0.1, 0.15) is 22.5 Å². The third kappa shape index (κ3) is 8.97. The Balaban J connectivity index is 1.22. The second kappa shape index (κ2) is 19.1. The summed E-state index contributed by atoms with van der Waals surface area (Å²) in [6.07, 6.45) is 9.40. The number of aryl methyl sites for hydroxylation is 1. The Morgan fingerprint density at radius 3 is 1.59 bits per heavy atom. The topological polar surface area (TPSA) is 47.5 Å². The smallest absolute Gasteiger partial charge is 0.121 e. The summed E-state index contributed by atoms with van der Waals surface area (Å²) in [5.74, 6) is 8.98. The zero-order chi connectivity index (χ0) is 40.4. The van der Waals surface area contributed by atoms with E-state index < -0.39 is 0 Å². The van der Waals surface area contributed by atoms with Crippen molar-refractivity contribution in [3.8, 4) is 34.5 Å². The molecule has 0 fully saturated rings. The van der Waals surface area contributed by atoms with E-state index in [0.717, 1.165) is 109 Å². The van der Waals surface area contributed by atoms with E-state index in [9.17, 15) is 0 Å². The number of benzene rings is 7. The second-order valence-corrected chi connectivity index (χ2v) is 15.7. The van der Waals surface area contributed by atoms with Gasteiger partial charge in [0.25, 0.3) is 0 Å². The average Bonchev–Trinajstić information content (AvgIpc) is 3.78. The van der Waals surface area contributed by atoms with Gasteiger partial charge in [-0.05, 0) is 79.9 Å². The van der Waals surface area contributed by atoms with Crippen molar-refractivity contribution in [2.45, 2.75) is 72.1 Å². The molecule has 296 valence electrons. The Hall–Kier alpha value is -6.16. The molecule has 6 heteroatoms. The van der Waals surface area contributed by atoms with Gasteiger partial charge in [-0.1, -0.05) is 149 Å². The van der Waals surface area contributed by atoms with Gasteiger partial charge in [-0.3, -0.25) is 0 Å². The van der Waals surface area contributed by atoms with E-state index >= 15 is 0 Å². The maximum Gasteiger partial charge on any atom is 0.121 e. The quantitative estimate of drug-likeness (QED) is 0.0554. The molecule has 0 radical (unpaired) electrons. The minimum Gasteiger partial charge on any atom is -0.494 e. The summed E-state index contributed by atoms with van der Waals surface area (Å²) >= 11 is 1.23. The summed E-state index contributed by atoms with van der Waals surface area (Å²) in [7, 11) is 0. The molecule has 7 aromatic carbocycles. The third-order valence-corrected chi connectivity index (χ3v) is 11.5. The number of nitrogens with zero attached hydrogens (tertiary/aromatic N) is 3. The predicted molar refractivity (Wildman–Crippen MR) is 249 cm³/mol. The number of hydrogen-bond donors (Lipinski definition) is 0. The van der Waals surface area contributed by atoms with E-state index in [4.69, 9.17) is 18.2 Å². The average molecular weight is 794 g/mol.